The molecule has 0 aliphatic carbocycles. The van der Waals surface area contributed by atoms with Crippen molar-refractivity contribution in [2.75, 3.05) is 13.2 Å². The summed E-state index contributed by atoms with van der Waals surface area (Å²) in [5.41, 5.74) is 0. The summed E-state index contributed by atoms with van der Waals surface area (Å²) in [5.74, 6) is 0.730. The highest BCUT2D eigenvalue weighted by atomic mass is 32.2. The van der Waals surface area contributed by atoms with Crippen molar-refractivity contribution >= 4 is 20.8 Å². The highest BCUT2D eigenvalue weighted by molar-refractivity contribution is 7.89. The molecule has 0 spiro atoms. The van der Waals surface area contributed by atoms with Gasteiger partial charge in [-0.15, -0.1) is 0 Å². The molecule has 0 N–H and O–H groups in total. The maximum atomic E-state index is 13.2. The number of benzene rings is 2. The summed E-state index contributed by atoms with van der Waals surface area (Å²) in [5, 5.41) is 1.58. The smallest absolute Gasteiger partial charge is 0.243 e. The molecule has 1 aliphatic heterocycles. The van der Waals surface area contributed by atoms with Crippen LogP contribution in [-0.4, -0.2) is 31.9 Å². The first-order chi connectivity index (χ1) is 11.1. The molecule has 2 aromatic rings. The fourth-order valence-corrected chi connectivity index (χ4v) is 5.20. The number of hydrogen-bond donors (Lipinski definition) is 0. The molecule has 4 nitrogen and oxygen atoms in total. The third kappa shape index (κ3) is 2.95. The predicted octanol–water partition coefficient (Wildman–Crippen LogP) is 3.80. The molecule has 2 aromatic carbocycles. The van der Waals surface area contributed by atoms with Crippen molar-refractivity contribution in [3.05, 3.63) is 36.4 Å². The van der Waals surface area contributed by atoms with Crippen molar-refractivity contribution in [1.29, 1.82) is 0 Å². The zero-order chi connectivity index (χ0) is 16.4. The van der Waals surface area contributed by atoms with Gasteiger partial charge in [-0.3, -0.25) is 0 Å². The van der Waals surface area contributed by atoms with E-state index in [1.54, 1.807) is 16.4 Å². The van der Waals surface area contributed by atoms with Crippen LogP contribution < -0.4 is 4.74 Å². The number of rotatable bonds is 4. The number of ether oxygens (including phenoxy) is 1. The topological polar surface area (TPSA) is 46.6 Å². The third-order valence-corrected chi connectivity index (χ3v) is 6.54. The van der Waals surface area contributed by atoms with Gasteiger partial charge in [0.2, 0.25) is 10.0 Å². The zero-order valence-corrected chi connectivity index (χ0v) is 14.5. The van der Waals surface area contributed by atoms with Crippen molar-refractivity contribution in [2.45, 2.75) is 44.0 Å². The van der Waals surface area contributed by atoms with Crippen molar-refractivity contribution in [2.24, 2.45) is 0 Å². The van der Waals surface area contributed by atoms with Crippen LogP contribution in [0.4, 0.5) is 0 Å². The number of fused-ring (bicyclic) bond motifs is 1. The van der Waals surface area contributed by atoms with Crippen LogP contribution in [0.25, 0.3) is 10.8 Å². The maximum absolute atomic E-state index is 13.2. The van der Waals surface area contributed by atoms with Crippen LogP contribution >= 0.6 is 0 Å². The first-order valence-electron chi connectivity index (χ1n) is 8.22. The van der Waals surface area contributed by atoms with E-state index in [1.165, 1.54) is 0 Å². The van der Waals surface area contributed by atoms with E-state index >= 15 is 0 Å². The lowest BCUT2D eigenvalue weighted by Crippen LogP contribution is -2.41. The van der Waals surface area contributed by atoms with Gasteiger partial charge in [-0.25, -0.2) is 8.42 Å². The van der Waals surface area contributed by atoms with Gasteiger partial charge < -0.3 is 4.74 Å². The highest BCUT2D eigenvalue weighted by Gasteiger charge is 2.32. The van der Waals surface area contributed by atoms with Gasteiger partial charge in [0.05, 0.1) is 11.5 Å². The summed E-state index contributed by atoms with van der Waals surface area (Å²) in [7, 11) is -3.49. The molecule has 1 saturated heterocycles. The molecule has 1 unspecified atom stereocenters. The van der Waals surface area contributed by atoms with Gasteiger partial charge in [-0.2, -0.15) is 4.31 Å². The van der Waals surface area contributed by atoms with E-state index in [4.69, 9.17) is 4.74 Å². The molecule has 3 rings (SSSR count). The SMILES string of the molecule is CCOc1ccc(S(=O)(=O)N2CCCCC2C)c2ccccc12. The van der Waals surface area contributed by atoms with Gasteiger partial charge >= 0.3 is 0 Å². The number of hydrogen-bond acceptors (Lipinski definition) is 3. The largest absolute Gasteiger partial charge is 0.493 e. The molecular weight excluding hydrogens is 310 g/mol. The van der Waals surface area contributed by atoms with Gasteiger partial charge in [0.1, 0.15) is 5.75 Å². The van der Waals surface area contributed by atoms with Crippen LogP contribution in [0.5, 0.6) is 5.75 Å². The van der Waals surface area contributed by atoms with Crippen LogP contribution in [0, 0.1) is 0 Å². The Morgan fingerprint density at radius 2 is 1.87 bits per heavy atom. The zero-order valence-electron chi connectivity index (χ0n) is 13.7. The van der Waals surface area contributed by atoms with Crippen LogP contribution in [0.15, 0.2) is 41.3 Å². The van der Waals surface area contributed by atoms with Crippen molar-refractivity contribution in [3.63, 3.8) is 0 Å². The fraction of sp³-hybridized carbons (Fsp3) is 0.444. The Balaban J connectivity index is 2.14. The fourth-order valence-electron chi connectivity index (χ4n) is 3.31. The van der Waals surface area contributed by atoms with Crippen LogP contribution in [0.3, 0.4) is 0 Å². The van der Waals surface area contributed by atoms with Gasteiger partial charge in [0.25, 0.3) is 0 Å². The summed E-state index contributed by atoms with van der Waals surface area (Å²) in [6.07, 6.45) is 2.95. The lowest BCUT2D eigenvalue weighted by molar-refractivity contribution is 0.269. The lowest BCUT2D eigenvalue weighted by Gasteiger charge is -2.32. The van der Waals surface area contributed by atoms with Crippen LogP contribution in [-0.2, 0) is 10.0 Å². The van der Waals surface area contributed by atoms with Gasteiger partial charge in [0, 0.05) is 23.4 Å². The van der Waals surface area contributed by atoms with E-state index in [9.17, 15) is 8.42 Å². The van der Waals surface area contributed by atoms with Gasteiger partial charge in [-0.1, -0.05) is 30.7 Å². The molecule has 0 bridgehead atoms. The number of piperidine rings is 1. The minimum atomic E-state index is -3.49. The molecule has 5 heteroatoms. The molecule has 0 saturated carbocycles. The first-order valence-corrected chi connectivity index (χ1v) is 9.66. The van der Waals surface area contributed by atoms with E-state index in [0.717, 1.165) is 35.8 Å². The maximum Gasteiger partial charge on any atom is 0.243 e. The van der Waals surface area contributed by atoms with E-state index in [2.05, 4.69) is 0 Å². The van der Waals surface area contributed by atoms with E-state index in [1.807, 2.05) is 38.1 Å². The summed E-state index contributed by atoms with van der Waals surface area (Å²) in [4.78, 5) is 0.380. The molecule has 1 fully saturated rings. The number of nitrogens with zero attached hydrogens (tertiary/aromatic N) is 1. The second kappa shape index (κ2) is 6.49. The summed E-state index contributed by atoms with van der Waals surface area (Å²) >= 11 is 0. The van der Waals surface area contributed by atoms with Crippen molar-refractivity contribution in [3.8, 4) is 5.75 Å². The predicted molar refractivity (Wildman–Crippen MR) is 92.3 cm³/mol. The van der Waals surface area contributed by atoms with Crippen molar-refractivity contribution < 1.29 is 13.2 Å². The van der Waals surface area contributed by atoms with Crippen LogP contribution in [0.1, 0.15) is 33.1 Å². The molecule has 1 heterocycles. The Kier molecular flexibility index (Phi) is 4.60. The molecule has 0 radical (unpaired) electrons. The Bertz CT molecular complexity index is 801. The molecule has 0 amide bonds. The molecular formula is C18H23NO3S. The first kappa shape index (κ1) is 16.3. The minimum Gasteiger partial charge on any atom is -0.493 e. The van der Waals surface area contributed by atoms with E-state index in [0.29, 0.717) is 18.0 Å². The average Bonchev–Trinajstić information content (AvgIpc) is 2.55. The third-order valence-electron chi connectivity index (χ3n) is 4.47. The Morgan fingerprint density at radius 1 is 1.13 bits per heavy atom. The Morgan fingerprint density at radius 3 is 2.57 bits per heavy atom. The van der Waals surface area contributed by atoms with Gasteiger partial charge in [-0.05, 0) is 38.8 Å². The van der Waals surface area contributed by atoms with Crippen LogP contribution in [0.2, 0.25) is 0 Å². The molecule has 1 aliphatic rings. The summed E-state index contributed by atoms with van der Waals surface area (Å²) in [6.45, 7) is 5.08. The van der Waals surface area contributed by atoms with E-state index in [-0.39, 0.29) is 6.04 Å². The standard InChI is InChI=1S/C18H23NO3S/c1-3-22-17-11-12-18(16-10-5-4-9-15(16)17)23(20,21)19-13-7-6-8-14(19)2/h4-5,9-12,14H,3,6-8,13H2,1-2H3. The quantitative estimate of drug-likeness (QED) is 0.855. The second-order valence-corrected chi connectivity index (χ2v) is 7.86. The molecule has 23 heavy (non-hydrogen) atoms. The summed E-state index contributed by atoms with van der Waals surface area (Å²) < 4.78 is 33.6. The van der Waals surface area contributed by atoms with Crippen molar-refractivity contribution in [1.82, 2.24) is 4.31 Å². The normalized spacial score (nSPS) is 19.8. The Labute approximate surface area is 138 Å². The second-order valence-electron chi connectivity index (χ2n) is 6.00. The monoisotopic (exact) mass is 333 g/mol. The average molecular weight is 333 g/mol. The molecule has 0 aromatic heterocycles. The van der Waals surface area contributed by atoms with Gasteiger partial charge in [0.15, 0.2) is 0 Å². The Hall–Kier alpha value is -1.59. The lowest BCUT2D eigenvalue weighted by atomic mass is 10.1. The highest BCUT2D eigenvalue weighted by Crippen LogP contribution is 2.34. The number of sulfonamides is 1. The molecule has 1 atom stereocenters. The molecule has 124 valence electrons. The minimum absolute atomic E-state index is 0.0547. The summed E-state index contributed by atoms with van der Waals surface area (Å²) in [6, 6.07) is 11.1. The van der Waals surface area contributed by atoms with E-state index < -0.39 is 10.0 Å².